The molecule has 3 heterocycles. The maximum Gasteiger partial charge on any atom is 0.158 e. The van der Waals surface area contributed by atoms with Crippen LogP contribution in [0.4, 0.5) is 0 Å². The lowest BCUT2D eigenvalue weighted by Crippen LogP contribution is -1.92. The molecule has 0 unspecified atom stereocenters. The van der Waals surface area contributed by atoms with Crippen molar-refractivity contribution in [3.63, 3.8) is 0 Å². The number of H-pyrrole nitrogens is 1. The molecular formula is C11H10BrN5. The number of fused-ring (bicyclic) bond motifs is 1. The van der Waals surface area contributed by atoms with Gasteiger partial charge in [-0.2, -0.15) is 5.10 Å². The number of hydrogen-bond acceptors (Lipinski definition) is 3. The fourth-order valence-corrected chi connectivity index (χ4v) is 2.13. The summed E-state index contributed by atoms with van der Waals surface area (Å²) >= 11 is 3.46. The van der Waals surface area contributed by atoms with Gasteiger partial charge < -0.3 is 4.98 Å². The van der Waals surface area contributed by atoms with Crippen molar-refractivity contribution in [3.05, 3.63) is 28.6 Å². The number of aryl methyl sites for hydroxylation is 1. The fourth-order valence-electron chi connectivity index (χ4n) is 1.74. The zero-order valence-electron chi connectivity index (χ0n) is 9.40. The summed E-state index contributed by atoms with van der Waals surface area (Å²) in [7, 11) is 1.91. The van der Waals surface area contributed by atoms with Crippen molar-refractivity contribution in [2.24, 2.45) is 7.05 Å². The molecule has 0 amide bonds. The van der Waals surface area contributed by atoms with Gasteiger partial charge in [0.15, 0.2) is 5.65 Å². The summed E-state index contributed by atoms with van der Waals surface area (Å²) in [4.78, 5) is 12.0. The molecule has 0 aliphatic heterocycles. The topological polar surface area (TPSA) is 59.4 Å². The Morgan fingerprint density at radius 2 is 2.24 bits per heavy atom. The minimum absolute atomic E-state index is 0.776. The third kappa shape index (κ3) is 1.56. The molecule has 17 heavy (non-hydrogen) atoms. The fraction of sp³-hybridized carbons (Fsp3) is 0.182. The van der Waals surface area contributed by atoms with E-state index in [2.05, 4.69) is 36.0 Å². The van der Waals surface area contributed by atoms with Gasteiger partial charge in [-0.3, -0.25) is 4.68 Å². The third-order valence-corrected chi connectivity index (χ3v) is 3.47. The van der Waals surface area contributed by atoms with Crippen LogP contribution >= 0.6 is 15.9 Å². The SMILES string of the molecule is Cc1c(-c2nc3c(Br)ccnc3[nH]2)cnn1C. The summed E-state index contributed by atoms with van der Waals surface area (Å²) in [6.45, 7) is 2.01. The number of halogens is 1. The monoisotopic (exact) mass is 291 g/mol. The molecule has 0 spiro atoms. The Labute approximate surface area is 106 Å². The molecule has 3 aromatic rings. The molecule has 0 radical (unpaired) electrons. The highest BCUT2D eigenvalue weighted by atomic mass is 79.9. The number of pyridine rings is 1. The Bertz CT molecular complexity index is 697. The van der Waals surface area contributed by atoms with E-state index in [4.69, 9.17) is 0 Å². The molecule has 0 fully saturated rings. The molecule has 86 valence electrons. The van der Waals surface area contributed by atoms with Gasteiger partial charge in [-0.1, -0.05) is 0 Å². The van der Waals surface area contributed by atoms with Gasteiger partial charge in [-0.15, -0.1) is 0 Å². The summed E-state index contributed by atoms with van der Waals surface area (Å²) in [5, 5.41) is 4.21. The average Bonchev–Trinajstić information content (AvgIpc) is 2.85. The van der Waals surface area contributed by atoms with Gasteiger partial charge in [0, 0.05) is 23.4 Å². The molecule has 0 aliphatic rings. The number of hydrogen-bond donors (Lipinski definition) is 1. The Hall–Kier alpha value is -1.69. The van der Waals surface area contributed by atoms with Crippen LogP contribution in [0.1, 0.15) is 5.69 Å². The Morgan fingerprint density at radius 1 is 1.41 bits per heavy atom. The zero-order valence-corrected chi connectivity index (χ0v) is 11.0. The van der Waals surface area contributed by atoms with Crippen molar-refractivity contribution >= 4 is 27.1 Å². The first kappa shape index (κ1) is 10.5. The molecule has 3 aromatic heterocycles. The highest BCUT2D eigenvalue weighted by Crippen LogP contribution is 2.25. The van der Waals surface area contributed by atoms with Gasteiger partial charge in [0.25, 0.3) is 0 Å². The van der Waals surface area contributed by atoms with Crippen LogP contribution in [0, 0.1) is 6.92 Å². The highest BCUT2D eigenvalue weighted by Gasteiger charge is 2.12. The van der Waals surface area contributed by atoms with Crippen LogP contribution < -0.4 is 0 Å². The molecule has 5 nitrogen and oxygen atoms in total. The number of imidazole rings is 1. The number of nitrogens with one attached hydrogen (secondary N) is 1. The molecule has 0 saturated carbocycles. The summed E-state index contributed by atoms with van der Waals surface area (Å²) in [5.41, 5.74) is 3.68. The average molecular weight is 292 g/mol. The minimum Gasteiger partial charge on any atom is -0.322 e. The standard InChI is InChI=1S/C11H10BrN5/c1-6-7(5-14-17(6)2)10-15-9-8(12)3-4-13-11(9)16-10/h3-5H,1-2H3,(H,13,15,16). The van der Waals surface area contributed by atoms with E-state index in [1.165, 1.54) is 0 Å². The van der Waals surface area contributed by atoms with Crippen LogP contribution in [0.5, 0.6) is 0 Å². The number of aromatic nitrogens is 5. The molecule has 0 aliphatic carbocycles. The lowest BCUT2D eigenvalue weighted by molar-refractivity contribution is 0.740. The summed E-state index contributed by atoms with van der Waals surface area (Å²) in [6, 6.07) is 1.88. The summed E-state index contributed by atoms with van der Waals surface area (Å²) in [5.74, 6) is 0.796. The van der Waals surface area contributed by atoms with E-state index in [-0.39, 0.29) is 0 Å². The van der Waals surface area contributed by atoms with Gasteiger partial charge >= 0.3 is 0 Å². The molecule has 6 heteroatoms. The second-order valence-corrected chi connectivity index (χ2v) is 4.70. The van der Waals surface area contributed by atoms with Crippen LogP contribution in [0.2, 0.25) is 0 Å². The van der Waals surface area contributed by atoms with Crippen molar-refractivity contribution in [2.45, 2.75) is 6.92 Å². The van der Waals surface area contributed by atoms with Gasteiger partial charge in [-0.05, 0) is 28.9 Å². The van der Waals surface area contributed by atoms with E-state index in [1.807, 2.05) is 24.7 Å². The van der Waals surface area contributed by atoms with E-state index in [9.17, 15) is 0 Å². The van der Waals surface area contributed by atoms with Crippen LogP contribution in [0.15, 0.2) is 22.9 Å². The molecule has 0 saturated heterocycles. The molecule has 0 bridgehead atoms. The third-order valence-electron chi connectivity index (χ3n) is 2.83. The summed E-state index contributed by atoms with van der Waals surface area (Å²) in [6.07, 6.45) is 3.55. The predicted molar refractivity (Wildman–Crippen MR) is 68.5 cm³/mol. The van der Waals surface area contributed by atoms with Gasteiger partial charge in [0.2, 0.25) is 0 Å². The van der Waals surface area contributed by atoms with Crippen molar-refractivity contribution in [2.75, 3.05) is 0 Å². The molecule has 0 atom stereocenters. The van der Waals surface area contributed by atoms with E-state index < -0.39 is 0 Å². The first-order valence-electron chi connectivity index (χ1n) is 5.16. The second-order valence-electron chi connectivity index (χ2n) is 3.84. The van der Waals surface area contributed by atoms with Crippen LogP contribution in [-0.2, 0) is 7.05 Å². The summed E-state index contributed by atoms with van der Waals surface area (Å²) < 4.78 is 2.76. The Kier molecular flexibility index (Phi) is 2.25. The van der Waals surface area contributed by atoms with Crippen LogP contribution in [0.25, 0.3) is 22.6 Å². The van der Waals surface area contributed by atoms with Crippen molar-refractivity contribution in [1.82, 2.24) is 24.7 Å². The van der Waals surface area contributed by atoms with E-state index in [0.29, 0.717) is 0 Å². The predicted octanol–water partition coefficient (Wildman–Crippen LogP) is 2.43. The zero-order chi connectivity index (χ0) is 12.0. The second kappa shape index (κ2) is 3.66. The lowest BCUT2D eigenvalue weighted by atomic mass is 10.2. The maximum absolute atomic E-state index is 4.54. The number of nitrogens with zero attached hydrogens (tertiary/aromatic N) is 4. The minimum atomic E-state index is 0.776. The number of rotatable bonds is 1. The van der Waals surface area contributed by atoms with Crippen molar-refractivity contribution in [1.29, 1.82) is 0 Å². The molecular weight excluding hydrogens is 282 g/mol. The molecule has 1 N–H and O–H groups in total. The van der Waals surface area contributed by atoms with Crippen LogP contribution in [0.3, 0.4) is 0 Å². The van der Waals surface area contributed by atoms with Crippen molar-refractivity contribution < 1.29 is 0 Å². The van der Waals surface area contributed by atoms with Crippen LogP contribution in [-0.4, -0.2) is 24.7 Å². The Balaban J connectivity index is 2.25. The first-order valence-corrected chi connectivity index (χ1v) is 5.95. The lowest BCUT2D eigenvalue weighted by Gasteiger charge is -1.95. The van der Waals surface area contributed by atoms with Gasteiger partial charge in [-0.25, -0.2) is 9.97 Å². The highest BCUT2D eigenvalue weighted by molar-refractivity contribution is 9.10. The molecule has 0 aromatic carbocycles. The van der Waals surface area contributed by atoms with Crippen molar-refractivity contribution in [3.8, 4) is 11.4 Å². The van der Waals surface area contributed by atoms with E-state index in [0.717, 1.165) is 32.7 Å². The van der Waals surface area contributed by atoms with E-state index in [1.54, 1.807) is 12.4 Å². The largest absolute Gasteiger partial charge is 0.322 e. The van der Waals surface area contributed by atoms with E-state index >= 15 is 0 Å². The van der Waals surface area contributed by atoms with Gasteiger partial charge in [0.1, 0.15) is 11.3 Å². The maximum atomic E-state index is 4.54. The first-order chi connectivity index (χ1) is 8.16. The molecule has 3 rings (SSSR count). The van der Waals surface area contributed by atoms with Gasteiger partial charge in [0.05, 0.1) is 11.8 Å². The smallest absolute Gasteiger partial charge is 0.158 e. The normalized spacial score (nSPS) is 11.2. The Morgan fingerprint density at radius 3 is 2.88 bits per heavy atom. The quantitative estimate of drug-likeness (QED) is 0.749. The number of aromatic amines is 1.